The molecule has 1 saturated heterocycles. The Morgan fingerprint density at radius 1 is 1.27 bits per heavy atom. The average Bonchev–Trinajstić information content (AvgIpc) is 2.94. The van der Waals surface area contributed by atoms with Gasteiger partial charge in [-0.2, -0.15) is 0 Å². The van der Waals surface area contributed by atoms with Crippen molar-refractivity contribution in [1.82, 2.24) is 15.1 Å². The Hall–Kier alpha value is -1.10. The van der Waals surface area contributed by atoms with E-state index in [9.17, 15) is 4.79 Å². The molecule has 0 spiro atoms. The van der Waals surface area contributed by atoms with Crippen LogP contribution in [-0.2, 0) is 17.8 Å². The fourth-order valence-corrected chi connectivity index (χ4v) is 3.51. The summed E-state index contributed by atoms with van der Waals surface area (Å²) in [6, 6.07) is 8.48. The van der Waals surface area contributed by atoms with Crippen LogP contribution in [0.15, 0.2) is 24.3 Å². The smallest absolute Gasteiger partial charge is 0.237 e. The molecule has 0 bridgehead atoms. The van der Waals surface area contributed by atoms with Crippen molar-refractivity contribution >= 4 is 18.3 Å². The largest absolute Gasteiger partial charge is 0.337 e. The van der Waals surface area contributed by atoms with Crippen LogP contribution in [0.5, 0.6) is 0 Å². The van der Waals surface area contributed by atoms with Gasteiger partial charge in [-0.05, 0) is 50.0 Å². The van der Waals surface area contributed by atoms with Gasteiger partial charge in [0.2, 0.25) is 5.91 Å². The van der Waals surface area contributed by atoms with Crippen molar-refractivity contribution in [3.63, 3.8) is 0 Å². The zero-order chi connectivity index (χ0) is 14.7. The second-order valence-electron chi connectivity index (χ2n) is 6.28. The molecule has 2 heterocycles. The lowest BCUT2D eigenvalue weighted by atomic mass is 10.00. The van der Waals surface area contributed by atoms with Gasteiger partial charge in [0.05, 0.1) is 6.54 Å². The fourth-order valence-electron chi connectivity index (χ4n) is 3.51. The van der Waals surface area contributed by atoms with Crippen molar-refractivity contribution in [3.8, 4) is 0 Å². The number of hydrogen-bond donors (Lipinski definition) is 1. The zero-order valence-corrected chi connectivity index (χ0v) is 14.1. The van der Waals surface area contributed by atoms with Crippen LogP contribution in [0.4, 0.5) is 0 Å². The van der Waals surface area contributed by atoms with Crippen LogP contribution >= 0.6 is 12.4 Å². The van der Waals surface area contributed by atoms with Crippen LogP contribution in [0.25, 0.3) is 0 Å². The number of fused-ring (bicyclic) bond motifs is 1. The van der Waals surface area contributed by atoms with E-state index in [1.165, 1.54) is 17.5 Å². The number of carbonyl (C=O) groups is 1. The van der Waals surface area contributed by atoms with Gasteiger partial charge in [-0.1, -0.05) is 24.3 Å². The minimum Gasteiger partial charge on any atom is -0.337 e. The molecule has 0 aliphatic carbocycles. The van der Waals surface area contributed by atoms with Gasteiger partial charge in [0, 0.05) is 19.6 Å². The molecule has 1 aromatic rings. The number of nitrogens with zero attached hydrogens (tertiary/aromatic N) is 2. The summed E-state index contributed by atoms with van der Waals surface area (Å²) in [5, 5.41) is 3.24. The molecule has 2 aliphatic heterocycles. The van der Waals surface area contributed by atoms with Gasteiger partial charge in [0.15, 0.2) is 0 Å². The van der Waals surface area contributed by atoms with Crippen LogP contribution in [-0.4, -0.2) is 55.5 Å². The molecule has 1 aromatic carbocycles. The third-order valence-corrected chi connectivity index (χ3v) is 4.70. The molecule has 0 aromatic heterocycles. The van der Waals surface area contributed by atoms with E-state index in [2.05, 4.69) is 34.5 Å². The number of hydrogen-bond acceptors (Lipinski definition) is 3. The Bertz CT molecular complexity index is 508. The number of carbonyl (C=O) groups excluding carboxylic acids is 1. The number of nitrogens with one attached hydrogen (secondary N) is 1. The highest BCUT2D eigenvalue weighted by atomic mass is 35.5. The third kappa shape index (κ3) is 4.00. The van der Waals surface area contributed by atoms with Gasteiger partial charge < -0.3 is 10.2 Å². The summed E-state index contributed by atoms with van der Waals surface area (Å²) in [5.41, 5.74) is 2.71. The number of likely N-dealkylation sites (tertiary alicyclic amines) is 1. The molecule has 3 rings (SSSR count). The lowest BCUT2D eigenvalue weighted by Crippen LogP contribution is -2.42. The Labute approximate surface area is 139 Å². The Balaban J connectivity index is 0.00000176. The number of benzene rings is 1. The van der Waals surface area contributed by atoms with E-state index in [1.54, 1.807) is 0 Å². The standard InChI is InChI=1S/C17H25N3O.ClH/c1-18-10-14-6-8-19(11-14)13-17(21)20-9-7-15-4-2-3-5-16(15)12-20;/h2-5,14,18H,6-13H2,1H3;1H. The first-order chi connectivity index (χ1) is 10.3. The predicted octanol–water partition coefficient (Wildman–Crippen LogP) is 1.53. The molecule has 122 valence electrons. The first kappa shape index (κ1) is 17.3. The average molecular weight is 324 g/mol. The molecule has 1 amide bonds. The van der Waals surface area contributed by atoms with E-state index in [0.717, 1.165) is 39.1 Å². The number of amides is 1. The van der Waals surface area contributed by atoms with E-state index in [-0.39, 0.29) is 18.3 Å². The molecular weight excluding hydrogens is 298 g/mol. The maximum absolute atomic E-state index is 12.5. The predicted molar refractivity (Wildman–Crippen MR) is 91.3 cm³/mol. The molecule has 1 fully saturated rings. The van der Waals surface area contributed by atoms with Gasteiger partial charge in [0.1, 0.15) is 0 Å². The maximum Gasteiger partial charge on any atom is 0.237 e. The summed E-state index contributed by atoms with van der Waals surface area (Å²) in [7, 11) is 2.00. The molecule has 22 heavy (non-hydrogen) atoms. The van der Waals surface area contributed by atoms with Crippen molar-refractivity contribution < 1.29 is 4.79 Å². The van der Waals surface area contributed by atoms with Gasteiger partial charge >= 0.3 is 0 Å². The first-order valence-electron chi connectivity index (χ1n) is 7.98. The van der Waals surface area contributed by atoms with Crippen molar-refractivity contribution in [2.75, 3.05) is 39.8 Å². The molecule has 2 aliphatic rings. The van der Waals surface area contributed by atoms with Crippen molar-refractivity contribution in [2.45, 2.75) is 19.4 Å². The minimum absolute atomic E-state index is 0. The minimum atomic E-state index is 0. The van der Waals surface area contributed by atoms with Gasteiger partial charge in [-0.3, -0.25) is 9.69 Å². The van der Waals surface area contributed by atoms with E-state index in [4.69, 9.17) is 0 Å². The van der Waals surface area contributed by atoms with Crippen LogP contribution in [0.1, 0.15) is 17.5 Å². The third-order valence-electron chi connectivity index (χ3n) is 4.70. The SMILES string of the molecule is CNCC1CCN(CC(=O)N2CCc3ccccc3C2)C1.Cl. The van der Waals surface area contributed by atoms with Crippen LogP contribution in [0.3, 0.4) is 0 Å². The first-order valence-corrected chi connectivity index (χ1v) is 7.98. The summed E-state index contributed by atoms with van der Waals surface area (Å²) in [6.07, 6.45) is 2.20. The lowest BCUT2D eigenvalue weighted by Gasteiger charge is -2.30. The normalized spacial score (nSPS) is 21.3. The maximum atomic E-state index is 12.5. The number of rotatable bonds is 4. The van der Waals surface area contributed by atoms with Gasteiger partial charge in [-0.15, -0.1) is 12.4 Å². The van der Waals surface area contributed by atoms with Gasteiger partial charge in [-0.25, -0.2) is 0 Å². The summed E-state index contributed by atoms with van der Waals surface area (Å²) >= 11 is 0. The molecule has 1 unspecified atom stereocenters. The summed E-state index contributed by atoms with van der Waals surface area (Å²) in [4.78, 5) is 16.8. The molecule has 0 saturated carbocycles. The highest BCUT2D eigenvalue weighted by Crippen LogP contribution is 2.20. The Kier molecular flexibility index (Phi) is 6.24. The fraction of sp³-hybridized carbons (Fsp3) is 0.588. The monoisotopic (exact) mass is 323 g/mol. The van der Waals surface area contributed by atoms with Crippen LogP contribution in [0, 0.1) is 5.92 Å². The van der Waals surface area contributed by atoms with E-state index >= 15 is 0 Å². The van der Waals surface area contributed by atoms with Crippen molar-refractivity contribution in [2.24, 2.45) is 5.92 Å². The molecule has 0 radical (unpaired) electrons. The number of halogens is 1. The molecule has 4 nitrogen and oxygen atoms in total. The molecular formula is C17H26ClN3O. The summed E-state index contributed by atoms with van der Waals surface area (Å²) < 4.78 is 0. The summed E-state index contributed by atoms with van der Waals surface area (Å²) in [6.45, 7) is 5.40. The van der Waals surface area contributed by atoms with Crippen molar-refractivity contribution in [3.05, 3.63) is 35.4 Å². The van der Waals surface area contributed by atoms with Crippen LogP contribution in [0.2, 0.25) is 0 Å². The molecule has 1 atom stereocenters. The van der Waals surface area contributed by atoms with E-state index in [0.29, 0.717) is 12.5 Å². The van der Waals surface area contributed by atoms with Crippen molar-refractivity contribution in [1.29, 1.82) is 0 Å². The highest BCUT2D eigenvalue weighted by Gasteiger charge is 2.26. The van der Waals surface area contributed by atoms with Crippen LogP contribution < -0.4 is 5.32 Å². The Morgan fingerprint density at radius 3 is 2.82 bits per heavy atom. The molecule has 5 heteroatoms. The van der Waals surface area contributed by atoms with E-state index < -0.39 is 0 Å². The van der Waals surface area contributed by atoms with Gasteiger partial charge in [0.25, 0.3) is 0 Å². The quantitative estimate of drug-likeness (QED) is 0.913. The lowest BCUT2D eigenvalue weighted by molar-refractivity contribution is -0.133. The topological polar surface area (TPSA) is 35.6 Å². The highest BCUT2D eigenvalue weighted by molar-refractivity contribution is 5.85. The second kappa shape index (κ2) is 7.95. The molecule has 1 N–H and O–H groups in total. The zero-order valence-electron chi connectivity index (χ0n) is 13.3. The second-order valence-corrected chi connectivity index (χ2v) is 6.28. The summed E-state index contributed by atoms with van der Waals surface area (Å²) in [5.74, 6) is 0.986. The van der Waals surface area contributed by atoms with E-state index in [1.807, 2.05) is 11.9 Å². The Morgan fingerprint density at radius 2 is 2.05 bits per heavy atom.